The van der Waals surface area contributed by atoms with E-state index >= 15 is 0 Å². The van der Waals surface area contributed by atoms with Gasteiger partial charge in [-0.3, -0.25) is 0 Å². The summed E-state index contributed by atoms with van der Waals surface area (Å²) >= 11 is 0. The summed E-state index contributed by atoms with van der Waals surface area (Å²) in [5, 5.41) is 9.33. The quantitative estimate of drug-likeness (QED) is 0.690. The maximum Gasteiger partial charge on any atom is 0.336 e. The van der Waals surface area contributed by atoms with E-state index in [1.165, 1.54) is 24.3 Å². The molecule has 0 amide bonds. The molecule has 2 aromatic carbocycles. The Kier molecular flexibility index (Phi) is 4.38. The summed E-state index contributed by atoms with van der Waals surface area (Å²) in [6, 6.07) is 12.9. The van der Waals surface area contributed by atoms with E-state index < -0.39 is 5.97 Å². The molecule has 2 aromatic rings. The summed E-state index contributed by atoms with van der Waals surface area (Å²) in [7, 11) is 3.87. The number of rotatable bonds is 4. The Labute approximate surface area is 123 Å². The normalized spacial score (nSPS) is 11.3. The van der Waals surface area contributed by atoms with E-state index in [2.05, 4.69) is 0 Å². The molecule has 0 fully saturated rings. The molecule has 0 radical (unpaired) electrons. The van der Waals surface area contributed by atoms with Crippen LogP contribution in [-0.4, -0.2) is 25.2 Å². The molecule has 0 heterocycles. The molecule has 0 saturated heterocycles. The third-order valence-corrected chi connectivity index (χ3v) is 3.11. The van der Waals surface area contributed by atoms with Crippen molar-refractivity contribution >= 4 is 23.3 Å². The second-order valence-corrected chi connectivity index (χ2v) is 4.86. The predicted octanol–water partition coefficient (Wildman–Crippen LogP) is 3.52. The van der Waals surface area contributed by atoms with Crippen LogP contribution in [0.1, 0.15) is 11.1 Å². The number of carboxylic acids is 1. The van der Waals surface area contributed by atoms with E-state index in [9.17, 15) is 14.3 Å². The molecule has 0 saturated carbocycles. The Morgan fingerprint density at radius 3 is 2.10 bits per heavy atom. The highest BCUT2D eigenvalue weighted by Gasteiger charge is 2.10. The maximum atomic E-state index is 12.9. The lowest BCUT2D eigenvalue weighted by Crippen LogP contribution is -2.08. The Hall–Kier alpha value is -2.62. The van der Waals surface area contributed by atoms with Crippen molar-refractivity contribution in [1.82, 2.24) is 0 Å². The lowest BCUT2D eigenvalue weighted by Gasteiger charge is -2.12. The van der Waals surface area contributed by atoms with Gasteiger partial charge in [-0.25, -0.2) is 9.18 Å². The molecule has 0 spiro atoms. The molecule has 0 unspecified atom stereocenters. The van der Waals surface area contributed by atoms with Gasteiger partial charge in [0.25, 0.3) is 0 Å². The van der Waals surface area contributed by atoms with E-state index in [0.717, 1.165) is 11.3 Å². The van der Waals surface area contributed by atoms with E-state index in [1.54, 1.807) is 6.08 Å². The van der Waals surface area contributed by atoms with Gasteiger partial charge in [-0.05, 0) is 41.5 Å². The van der Waals surface area contributed by atoms with Crippen molar-refractivity contribution in [3.63, 3.8) is 0 Å². The average molecular weight is 285 g/mol. The first-order valence-electron chi connectivity index (χ1n) is 6.45. The largest absolute Gasteiger partial charge is 0.478 e. The number of carbonyl (C=O) groups is 1. The van der Waals surface area contributed by atoms with Gasteiger partial charge in [-0.15, -0.1) is 0 Å². The highest BCUT2D eigenvalue weighted by Crippen LogP contribution is 2.21. The van der Waals surface area contributed by atoms with Crippen molar-refractivity contribution < 1.29 is 14.3 Å². The molecule has 2 rings (SSSR count). The molecule has 1 N–H and O–H groups in total. The van der Waals surface area contributed by atoms with Crippen molar-refractivity contribution in [2.75, 3.05) is 19.0 Å². The summed E-state index contributed by atoms with van der Waals surface area (Å²) in [6.07, 6.45) is 1.58. The molecule has 0 aromatic heterocycles. The minimum absolute atomic E-state index is 0.132. The van der Waals surface area contributed by atoms with Gasteiger partial charge in [0.05, 0.1) is 5.57 Å². The highest BCUT2D eigenvalue weighted by atomic mass is 19.1. The molecule has 0 aliphatic rings. The number of anilines is 1. The fourth-order valence-electron chi connectivity index (χ4n) is 1.93. The fraction of sp³-hybridized carbons (Fsp3) is 0.118. The third kappa shape index (κ3) is 3.69. The van der Waals surface area contributed by atoms with Crippen LogP contribution in [-0.2, 0) is 4.79 Å². The minimum atomic E-state index is -1.04. The predicted molar refractivity (Wildman–Crippen MR) is 82.7 cm³/mol. The average Bonchev–Trinajstić information content (AvgIpc) is 2.46. The molecule has 0 aliphatic heterocycles. The standard InChI is InChI=1S/C17H16FNO2/c1-19(2)15-9-3-12(4-10-15)11-16(17(20)21)13-5-7-14(18)8-6-13/h3-11H,1-2H3,(H,20,21)/b16-11-. The molecule has 4 heteroatoms. The number of halogens is 1. The van der Waals surface area contributed by atoms with E-state index in [4.69, 9.17) is 0 Å². The first-order valence-corrected chi connectivity index (χ1v) is 6.45. The number of hydrogen-bond acceptors (Lipinski definition) is 2. The highest BCUT2D eigenvalue weighted by molar-refractivity contribution is 6.20. The fourth-order valence-corrected chi connectivity index (χ4v) is 1.93. The van der Waals surface area contributed by atoms with Crippen molar-refractivity contribution in [2.24, 2.45) is 0 Å². The van der Waals surface area contributed by atoms with Crippen molar-refractivity contribution in [3.05, 3.63) is 65.5 Å². The van der Waals surface area contributed by atoms with Crippen LogP contribution in [0.15, 0.2) is 48.5 Å². The van der Waals surface area contributed by atoms with E-state index in [-0.39, 0.29) is 11.4 Å². The summed E-state index contributed by atoms with van der Waals surface area (Å²) in [5.74, 6) is -1.43. The van der Waals surface area contributed by atoms with Gasteiger partial charge in [0.15, 0.2) is 0 Å². The van der Waals surface area contributed by atoms with Crippen LogP contribution in [0.5, 0.6) is 0 Å². The van der Waals surface area contributed by atoms with Gasteiger partial charge in [-0.2, -0.15) is 0 Å². The van der Waals surface area contributed by atoms with Crippen LogP contribution in [0.2, 0.25) is 0 Å². The Balaban J connectivity index is 2.37. The molecule has 3 nitrogen and oxygen atoms in total. The molecule has 0 atom stereocenters. The Morgan fingerprint density at radius 2 is 1.62 bits per heavy atom. The van der Waals surface area contributed by atoms with Gasteiger partial charge in [0.2, 0.25) is 0 Å². The van der Waals surface area contributed by atoms with E-state index in [0.29, 0.717) is 5.56 Å². The second-order valence-electron chi connectivity index (χ2n) is 4.86. The van der Waals surface area contributed by atoms with Gasteiger partial charge in [0.1, 0.15) is 5.82 Å². The maximum absolute atomic E-state index is 12.9. The minimum Gasteiger partial charge on any atom is -0.478 e. The summed E-state index contributed by atoms with van der Waals surface area (Å²) < 4.78 is 12.9. The lowest BCUT2D eigenvalue weighted by atomic mass is 10.0. The monoisotopic (exact) mass is 285 g/mol. The molecule has 0 aliphatic carbocycles. The molecular weight excluding hydrogens is 269 g/mol. The molecule has 108 valence electrons. The summed E-state index contributed by atoms with van der Waals surface area (Å²) in [4.78, 5) is 13.4. The second kappa shape index (κ2) is 6.22. The number of aliphatic carboxylic acids is 1. The van der Waals surface area contributed by atoms with Crippen LogP contribution < -0.4 is 4.90 Å². The molecule has 21 heavy (non-hydrogen) atoms. The number of benzene rings is 2. The number of nitrogens with zero attached hydrogens (tertiary/aromatic N) is 1. The van der Waals surface area contributed by atoms with Crippen molar-refractivity contribution in [2.45, 2.75) is 0 Å². The van der Waals surface area contributed by atoms with Crippen LogP contribution >= 0.6 is 0 Å². The molecular formula is C17H16FNO2. The first-order chi connectivity index (χ1) is 9.97. The number of carboxylic acid groups (broad SMARTS) is 1. The topological polar surface area (TPSA) is 40.5 Å². The third-order valence-electron chi connectivity index (χ3n) is 3.11. The van der Waals surface area contributed by atoms with Crippen molar-refractivity contribution in [3.8, 4) is 0 Å². The van der Waals surface area contributed by atoms with Gasteiger partial charge >= 0.3 is 5.97 Å². The van der Waals surface area contributed by atoms with Gasteiger partial charge in [-0.1, -0.05) is 24.3 Å². The van der Waals surface area contributed by atoms with Crippen LogP contribution in [0.3, 0.4) is 0 Å². The zero-order valence-electron chi connectivity index (χ0n) is 11.9. The number of hydrogen-bond donors (Lipinski definition) is 1. The molecule has 0 bridgehead atoms. The lowest BCUT2D eigenvalue weighted by molar-refractivity contribution is -0.130. The zero-order valence-corrected chi connectivity index (χ0v) is 11.9. The van der Waals surface area contributed by atoms with Crippen LogP contribution in [0.25, 0.3) is 11.6 Å². The van der Waals surface area contributed by atoms with Crippen LogP contribution in [0.4, 0.5) is 10.1 Å². The first kappa shape index (κ1) is 14.8. The SMILES string of the molecule is CN(C)c1ccc(/C=C(\C(=O)O)c2ccc(F)cc2)cc1. The van der Waals surface area contributed by atoms with E-state index in [1.807, 2.05) is 43.3 Å². The Bertz CT molecular complexity index is 658. The summed E-state index contributed by atoms with van der Waals surface area (Å²) in [6.45, 7) is 0. The van der Waals surface area contributed by atoms with Gasteiger partial charge in [0, 0.05) is 19.8 Å². The van der Waals surface area contributed by atoms with Crippen molar-refractivity contribution in [1.29, 1.82) is 0 Å². The van der Waals surface area contributed by atoms with Crippen LogP contribution in [0, 0.1) is 5.82 Å². The zero-order chi connectivity index (χ0) is 15.4. The smallest absolute Gasteiger partial charge is 0.336 e. The Morgan fingerprint density at radius 1 is 1.05 bits per heavy atom. The van der Waals surface area contributed by atoms with Gasteiger partial charge < -0.3 is 10.0 Å². The summed E-state index contributed by atoms with van der Waals surface area (Å²) in [5.41, 5.74) is 2.42.